The second-order valence-electron chi connectivity index (χ2n) is 7.54. The number of ether oxygens (including phenoxy) is 2. The van der Waals surface area contributed by atoms with Gasteiger partial charge in [-0.15, -0.1) is 24.8 Å². The van der Waals surface area contributed by atoms with Gasteiger partial charge in [0, 0.05) is 19.1 Å². The highest BCUT2D eigenvalue weighted by Crippen LogP contribution is 2.29. The highest BCUT2D eigenvalue weighted by Gasteiger charge is 2.22. The van der Waals surface area contributed by atoms with Crippen LogP contribution in [-0.4, -0.2) is 37.2 Å². The summed E-state index contributed by atoms with van der Waals surface area (Å²) in [5, 5.41) is 3.62. The first-order chi connectivity index (χ1) is 13.7. The van der Waals surface area contributed by atoms with Crippen LogP contribution in [0.4, 0.5) is 0 Å². The van der Waals surface area contributed by atoms with Crippen molar-refractivity contribution >= 4 is 24.8 Å². The third kappa shape index (κ3) is 7.66. The largest absolute Gasteiger partial charge is 0.490 e. The highest BCUT2D eigenvalue weighted by molar-refractivity contribution is 5.85. The van der Waals surface area contributed by atoms with E-state index in [-0.39, 0.29) is 24.8 Å². The van der Waals surface area contributed by atoms with Crippen molar-refractivity contribution in [2.24, 2.45) is 0 Å². The minimum atomic E-state index is 0. The number of likely N-dealkylation sites (N-methyl/N-ethyl adjacent to an activating group) is 1. The molecular formula is C24H36Cl2N2O2. The number of benzene rings is 2. The number of nitrogens with one attached hydrogen (secondary N) is 1. The second-order valence-corrected chi connectivity index (χ2v) is 7.54. The molecule has 1 saturated heterocycles. The fourth-order valence-electron chi connectivity index (χ4n) is 3.82. The number of hydrogen-bond donors (Lipinski definition) is 1. The van der Waals surface area contributed by atoms with Gasteiger partial charge in [0.25, 0.3) is 0 Å². The Morgan fingerprint density at radius 3 is 2.40 bits per heavy atom. The smallest absolute Gasteiger partial charge is 0.161 e. The van der Waals surface area contributed by atoms with Gasteiger partial charge in [-0.1, -0.05) is 42.8 Å². The third-order valence-electron chi connectivity index (χ3n) is 5.44. The zero-order valence-electron chi connectivity index (χ0n) is 18.4. The van der Waals surface area contributed by atoms with Crippen LogP contribution in [0.25, 0.3) is 0 Å². The van der Waals surface area contributed by atoms with Crippen LogP contribution >= 0.6 is 24.8 Å². The molecule has 4 nitrogen and oxygen atoms in total. The molecule has 1 atom stereocenters. The summed E-state index contributed by atoms with van der Waals surface area (Å²) in [6.45, 7) is 11.8. The molecule has 0 radical (unpaired) electrons. The Morgan fingerprint density at radius 1 is 0.967 bits per heavy atom. The average Bonchev–Trinajstić information content (AvgIpc) is 3.16. The van der Waals surface area contributed by atoms with Crippen molar-refractivity contribution < 1.29 is 9.47 Å². The standard InChI is InChI=1S/C24H34N2O2.2ClH/c1-4-26-14-6-7-22(26)17-25-16-21-12-13-23(24(15-21)27-5-2)28-18-20-10-8-19(3)9-11-20;;/h8-13,15,22,25H,4-7,14,16-18H2,1-3H3;2*1H. The van der Waals surface area contributed by atoms with Crippen LogP contribution in [0.15, 0.2) is 42.5 Å². The van der Waals surface area contributed by atoms with Crippen LogP contribution in [0.1, 0.15) is 43.4 Å². The summed E-state index contributed by atoms with van der Waals surface area (Å²) >= 11 is 0. The molecule has 1 fully saturated rings. The molecule has 0 bridgehead atoms. The lowest BCUT2D eigenvalue weighted by atomic mass is 10.1. The Kier molecular flexibility index (Phi) is 12.2. The minimum absolute atomic E-state index is 0. The lowest BCUT2D eigenvalue weighted by Crippen LogP contribution is -2.37. The first-order valence-electron chi connectivity index (χ1n) is 10.6. The lowest BCUT2D eigenvalue weighted by Gasteiger charge is -2.23. The van der Waals surface area contributed by atoms with E-state index in [0.717, 1.165) is 36.7 Å². The van der Waals surface area contributed by atoms with E-state index in [4.69, 9.17) is 9.47 Å². The van der Waals surface area contributed by atoms with Crippen molar-refractivity contribution in [3.63, 3.8) is 0 Å². The van der Waals surface area contributed by atoms with Crippen LogP contribution in [0.5, 0.6) is 11.5 Å². The van der Waals surface area contributed by atoms with Gasteiger partial charge in [-0.05, 0) is 63.0 Å². The quantitative estimate of drug-likeness (QED) is 0.521. The third-order valence-corrected chi connectivity index (χ3v) is 5.44. The van der Waals surface area contributed by atoms with Crippen molar-refractivity contribution in [1.29, 1.82) is 0 Å². The Balaban J connectivity index is 0.00000225. The molecular weight excluding hydrogens is 419 g/mol. The fourth-order valence-corrected chi connectivity index (χ4v) is 3.82. The number of hydrogen-bond acceptors (Lipinski definition) is 4. The fraction of sp³-hybridized carbons (Fsp3) is 0.500. The maximum atomic E-state index is 6.03. The Morgan fingerprint density at radius 2 is 1.70 bits per heavy atom. The van der Waals surface area contributed by atoms with Gasteiger partial charge in [-0.3, -0.25) is 4.90 Å². The van der Waals surface area contributed by atoms with Gasteiger partial charge in [-0.25, -0.2) is 0 Å². The van der Waals surface area contributed by atoms with Crippen molar-refractivity contribution in [3.8, 4) is 11.5 Å². The van der Waals surface area contributed by atoms with E-state index in [1.807, 2.05) is 13.0 Å². The predicted molar refractivity (Wildman–Crippen MR) is 130 cm³/mol. The van der Waals surface area contributed by atoms with E-state index in [2.05, 4.69) is 60.5 Å². The number of rotatable bonds is 10. The Hall–Kier alpha value is -1.46. The molecule has 6 heteroatoms. The minimum Gasteiger partial charge on any atom is -0.490 e. The molecule has 0 aromatic heterocycles. The average molecular weight is 455 g/mol. The topological polar surface area (TPSA) is 33.7 Å². The molecule has 2 aromatic carbocycles. The summed E-state index contributed by atoms with van der Waals surface area (Å²) in [5.41, 5.74) is 3.65. The van der Waals surface area contributed by atoms with Crippen LogP contribution in [0, 0.1) is 6.92 Å². The molecule has 1 aliphatic heterocycles. The molecule has 0 amide bonds. The van der Waals surface area contributed by atoms with Crippen molar-refractivity contribution in [1.82, 2.24) is 10.2 Å². The summed E-state index contributed by atoms with van der Waals surface area (Å²) < 4.78 is 11.9. The van der Waals surface area contributed by atoms with Gasteiger partial charge < -0.3 is 14.8 Å². The van der Waals surface area contributed by atoms with E-state index in [9.17, 15) is 0 Å². The molecule has 1 unspecified atom stereocenters. The molecule has 1 N–H and O–H groups in total. The summed E-state index contributed by atoms with van der Waals surface area (Å²) in [6, 6.07) is 15.4. The zero-order chi connectivity index (χ0) is 19.8. The van der Waals surface area contributed by atoms with E-state index in [1.165, 1.54) is 30.5 Å². The maximum absolute atomic E-state index is 6.03. The van der Waals surface area contributed by atoms with Crippen LogP contribution < -0.4 is 14.8 Å². The summed E-state index contributed by atoms with van der Waals surface area (Å²) in [5.74, 6) is 1.63. The van der Waals surface area contributed by atoms with Gasteiger partial charge in [0.15, 0.2) is 11.5 Å². The lowest BCUT2D eigenvalue weighted by molar-refractivity contribution is 0.259. The van der Waals surface area contributed by atoms with E-state index >= 15 is 0 Å². The van der Waals surface area contributed by atoms with E-state index in [1.54, 1.807) is 0 Å². The number of nitrogens with zero attached hydrogens (tertiary/aromatic N) is 1. The van der Waals surface area contributed by atoms with Gasteiger partial charge in [0.1, 0.15) is 6.61 Å². The Bertz CT molecular complexity index is 740. The van der Waals surface area contributed by atoms with Crippen molar-refractivity contribution in [3.05, 3.63) is 59.2 Å². The summed E-state index contributed by atoms with van der Waals surface area (Å²) in [7, 11) is 0. The van der Waals surface area contributed by atoms with Gasteiger partial charge in [0.2, 0.25) is 0 Å². The monoisotopic (exact) mass is 454 g/mol. The molecule has 168 valence electrons. The van der Waals surface area contributed by atoms with Crippen LogP contribution in [0.3, 0.4) is 0 Å². The van der Waals surface area contributed by atoms with Crippen LogP contribution in [0.2, 0.25) is 0 Å². The van der Waals surface area contributed by atoms with Gasteiger partial charge >= 0.3 is 0 Å². The maximum Gasteiger partial charge on any atom is 0.161 e. The number of likely N-dealkylation sites (tertiary alicyclic amines) is 1. The molecule has 1 heterocycles. The molecule has 0 saturated carbocycles. The molecule has 0 spiro atoms. The first kappa shape index (κ1) is 26.6. The number of aryl methyl sites for hydroxylation is 1. The molecule has 3 rings (SSSR count). The first-order valence-corrected chi connectivity index (χ1v) is 10.6. The summed E-state index contributed by atoms with van der Waals surface area (Å²) in [6.07, 6.45) is 2.62. The zero-order valence-corrected chi connectivity index (χ0v) is 20.0. The van der Waals surface area contributed by atoms with Crippen LogP contribution in [-0.2, 0) is 13.2 Å². The van der Waals surface area contributed by atoms with Crippen molar-refractivity contribution in [2.75, 3.05) is 26.2 Å². The van der Waals surface area contributed by atoms with E-state index < -0.39 is 0 Å². The molecule has 0 aliphatic carbocycles. The van der Waals surface area contributed by atoms with Gasteiger partial charge in [-0.2, -0.15) is 0 Å². The molecule has 30 heavy (non-hydrogen) atoms. The normalized spacial score (nSPS) is 15.9. The highest BCUT2D eigenvalue weighted by atomic mass is 35.5. The van der Waals surface area contributed by atoms with Crippen molar-refractivity contribution in [2.45, 2.75) is 52.8 Å². The molecule has 1 aliphatic rings. The Labute approximate surface area is 194 Å². The SMILES string of the molecule is CCOc1cc(CNCC2CCCN2CC)ccc1OCc1ccc(C)cc1.Cl.Cl. The number of halogens is 2. The van der Waals surface area contributed by atoms with E-state index in [0.29, 0.717) is 19.3 Å². The second kappa shape index (κ2) is 13.8. The predicted octanol–water partition coefficient (Wildman–Crippen LogP) is 5.39. The summed E-state index contributed by atoms with van der Waals surface area (Å²) in [4.78, 5) is 2.57. The molecule has 2 aromatic rings. The van der Waals surface area contributed by atoms with Gasteiger partial charge in [0.05, 0.1) is 6.61 Å².